The predicted octanol–water partition coefficient (Wildman–Crippen LogP) is 2.08. The van der Waals surface area contributed by atoms with Crippen LogP contribution in [0, 0.1) is 5.92 Å². The lowest BCUT2D eigenvalue weighted by Gasteiger charge is -2.44. The van der Waals surface area contributed by atoms with Gasteiger partial charge in [0.25, 0.3) is 0 Å². The zero-order chi connectivity index (χ0) is 17.3. The zero-order valence-corrected chi connectivity index (χ0v) is 15.1. The van der Waals surface area contributed by atoms with Crippen molar-refractivity contribution in [3.05, 3.63) is 0 Å². The minimum absolute atomic E-state index is 0.0416. The fourth-order valence-electron chi connectivity index (χ4n) is 3.17. The van der Waals surface area contributed by atoms with Gasteiger partial charge in [-0.2, -0.15) is 0 Å². The third kappa shape index (κ3) is 4.59. The Balaban J connectivity index is 2.93. The Kier molecular flexibility index (Phi) is 5.89. The SMILES string of the molecule is CC(C)S(=O)(=O)C[C@@H]1C[C@H](N(C(=O)O)C(C)(C)C)CC[C@@H]1N. The summed E-state index contributed by atoms with van der Waals surface area (Å²) in [5.74, 6) is -0.143. The summed E-state index contributed by atoms with van der Waals surface area (Å²) in [6.45, 7) is 8.90. The van der Waals surface area contributed by atoms with Crippen LogP contribution < -0.4 is 5.73 Å². The maximum absolute atomic E-state index is 12.2. The van der Waals surface area contributed by atoms with Crippen molar-refractivity contribution in [2.24, 2.45) is 11.7 Å². The lowest BCUT2D eigenvalue weighted by Crippen LogP contribution is -2.55. The molecule has 0 aromatic rings. The second-order valence-electron chi connectivity index (χ2n) is 7.59. The Morgan fingerprint density at radius 1 is 1.32 bits per heavy atom. The van der Waals surface area contributed by atoms with Gasteiger partial charge in [0.05, 0.1) is 11.0 Å². The van der Waals surface area contributed by atoms with E-state index in [2.05, 4.69) is 0 Å². The molecule has 130 valence electrons. The second-order valence-corrected chi connectivity index (χ2v) is 10.2. The third-order valence-corrected chi connectivity index (χ3v) is 6.80. The number of rotatable bonds is 4. The van der Waals surface area contributed by atoms with E-state index in [9.17, 15) is 18.3 Å². The minimum Gasteiger partial charge on any atom is -0.465 e. The van der Waals surface area contributed by atoms with Gasteiger partial charge in [0.1, 0.15) is 0 Å². The monoisotopic (exact) mass is 334 g/mol. The van der Waals surface area contributed by atoms with E-state index in [1.807, 2.05) is 20.8 Å². The highest BCUT2D eigenvalue weighted by atomic mass is 32.2. The van der Waals surface area contributed by atoms with Crippen LogP contribution >= 0.6 is 0 Å². The Labute approximate surface area is 134 Å². The molecule has 1 rings (SSSR count). The molecule has 1 saturated carbocycles. The number of nitrogens with zero attached hydrogens (tertiary/aromatic N) is 1. The molecule has 22 heavy (non-hydrogen) atoms. The summed E-state index contributed by atoms with van der Waals surface area (Å²) in [4.78, 5) is 13.1. The smallest absolute Gasteiger partial charge is 0.407 e. The first-order valence-corrected chi connectivity index (χ1v) is 9.57. The predicted molar refractivity (Wildman–Crippen MR) is 87.6 cm³/mol. The topological polar surface area (TPSA) is 101 Å². The van der Waals surface area contributed by atoms with Crippen LogP contribution in [0.5, 0.6) is 0 Å². The van der Waals surface area contributed by atoms with Crippen LogP contribution in [0.25, 0.3) is 0 Å². The van der Waals surface area contributed by atoms with Gasteiger partial charge in [0.2, 0.25) is 0 Å². The molecule has 0 aliphatic heterocycles. The molecule has 1 fully saturated rings. The summed E-state index contributed by atoms with van der Waals surface area (Å²) >= 11 is 0. The minimum atomic E-state index is -3.18. The number of hydrogen-bond donors (Lipinski definition) is 2. The number of nitrogens with two attached hydrogens (primary N) is 1. The number of carboxylic acid groups (broad SMARTS) is 1. The van der Waals surface area contributed by atoms with Gasteiger partial charge in [-0.25, -0.2) is 13.2 Å². The third-order valence-electron chi connectivity index (χ3n) is 4.47. The van der Waals surface area contributed by atoms with Crippen molar-refractivity contribution < 1.29 is 18.3 Å². The molecule has 1 amide bonds. The van der Waals surface area contributed by atoms with Crippen molar-refractivity contribution in [3.63, 3.8) is 0 Å². The van der Waals surface area contributed by atoms with Gasteiger partial charge in [-0.15, -0.1) is 0 Å². The molecule has 1 aliphatic rings. The van der Waals surface area contributed by atoms with Crippen LogP contribution in [-0.4, -0.2) is 53.1 Å². The number of hydrogen-bond acceptors (Lipinski definition) is 4. The highest BCUT2D eigenvalue weighted by molar-refractivity contribution is 7.91. The fraction of sp³-hybridized carbons (Fsp3) is 0.933. The molecule has 3 atom stereocenters. The second kappa shape index (κ2) is 6.74. The quantitative estimate of drug-likeness (QED) is 0.820. The summed E-state index contributed by atoms with van der Waals surface area (Å²) in [6.07, 6.45) is 0.890. The maximum Gasteiger partial charge on any atom is 0.407 e. The molecule has 0 aromatic heterocycles. The van der Waals surface area contributed by atoms with E-state index in [1.165, 1.54) is 4.90 Å². The van der Waals surface area contributed by atoms with E-state index in [0.29, 0.717) is 19.3 Å². The molecule has 0 radical (unpaired) electrons. The van der Waals surface area contributed by atoms with Crippen LogP contribution in [0.4, 0.5) is 4.79 Å². The first kappa shape index (κ1) is 19.2. The first-order chi connectivity index (χ1) is 9.86. The molecule has 0 spiro atoms. The lowest BCUT2D eigenvalue weighted by atomic mass is 9.81. The zero-order valence-electron chi connectivity index (χ0n) is 14.2. The Morgan fingerprint density at radius 3 is 2.27 bits per heavy atom. The molecule has 0 unspecified atom stereocenters. The van der Waals surface area contributed by atoms with Crippen LogP contribution in [0.2, 0.25) is 0 Å². The summed E-state index contributed by atoms with van der Waals surface area (Å²) in [6, 6.07) is -0.356. The van der Waals surface area contributed by atoms with E-state index in [1.54, 1.807) is 13.8 Å². The van der Waals surface area contributed by atoms with Gasteiger partial charge in [-0.05, 0) is 59.8 Å². The van der Waals surface area contributed by atoms with Crippen molar-refractivity contribution in [1.82, 2.24) is 4.90 Å². The molecule has 0 heterocycles. The molecule has 0 saturated heterocycles. The number of sulfone groups is 1. The van der Waals surface area contributed by atoms with Crippen molar-refractivity contribution in [2.75, 3.05) is 5.75 Å². The van der Waals surface area contributed by atoms with Gasteiger partial charge in [0.15, 0.2) is 9.84 Å². The molecular formula is C15H30N2O4S. The number of amides is 1. The van der Waals surface area contributed by atoms with Gasteiger partial charge < -0.3 is 15.7 Å². The van der Waals surface area contributed by atoms with Crippen molar-refractivity contribution in [1.29, 1.82) is 0 Å². The van der Waals surface area contributed by atoms with Crippen LogP contribution in [0.3, 0.4) is 0 Å². The molecular weight excluding hydrogens is 304 g/mol. The largest absolute Gasteiger partial charge is 0.465 e. The standard InChI is InChI=1S/C15H30N2O4S/c1-10(2)22(20,21)9-11-8-12(6-7-13(11)16)17(14(18)19)15(3,4)5/h10-13H,6-9,16H2,1-5H3,(H,18,19)/t11-,12+,13-/m0/s1. The van der Waals surface area contributed by atoms with Crippen molar-refractivity contribution >= 4 is 15.9 Å². The fourth-order valence-corrected chi connectivity index (χ4v) is 4.54. The van der Waals surface area contributed by atoms with Crippen LogP contribution in [-0.2, 0) is 9.84 Å². The molecule has 7 heteroatoms. The Morgan fingerprint density at radius 2 is 1.86 bits per heavy atom. The van der Waals surface area contributed by atoms with E-state index in [0.717, 1.165) is 0 Å². The normalized spacial score (nSPS) is 27.0. The lowest BCUT2D eigenvalue weighted by molar-refractivity contribution is 0.0460. The molecule has 6 nitrogen and oxygen atoms in total. The van der Waals surface area contributed by atoms with Gasteiger partial charge in [-0.1, -0.05) is 0 Å². The average molecular weight is 334 g/mol. The van der Waals surface area contributed by atoms with Crippen molar-refractivity contribution in [3.8, 4) is 0 Å². The number of carbonyl (C=O) groups is 1. The highest BCUT2D eigenvalue weighted by Crippen LogP contribution is 2.32. The summed E-state index contributed by atoms with van der Waals surface area (Å²) in [7, 11) is -3.18. The van der Waals surface area contributed by atoms with E-state index in [-0.39, 0.29) is 23.8 Å². The van der Waals surface area contributed by atoms with Gasteiger partial charge >= 0.3 is 6.09 Å². The van der Waals surface area contributed by atoms with E-state index >= 15 is 0 Å². The van der Waals surface area contributed by atoms with Crippen LogP contribution in [0.15, 0.2) is 0 Å². The summed E-state index contributed by atoms with van der Waals surface area (Å²) in [5.41, 5.74) is 5.59. The molecule has 0 bridgehead atoms. The average Bonchev–Trinajstić information content (AvgIpc) is 2.30. The maximum atomic E-state index is 12.2. The molecule has 1 aliphatic carbocycles. The highest BCUT2D eigenvalue weighted by Gasteiger charge is 2.40. The first-order valence-electron chi connectivity index (χ1n) is 7.85. The molecule has 3 N–H and O–H groups in total. The summed E-state index contributed by atoms with van der Waals surface area (Å²) in [5, 5.41) is 9.08. The Hall–Kier alpha value is -0.820. The Bertz CT molecular complexity index is 496. The molecule has 0 aromatic carbocycles. The van der Waals surface area contributed by atoms with E-state index < -0.39 is 26.7 Å². The van der Waals surface area contributed by atoms with E-state index in [4.69, 9.17) is 5.73 Å². The van der Waals surface area contributed by atoms with Crippen LogP contribution in [0.1, 0.15) is 53.9 Å². The van der Waals surface area contributed by atoms with Gasteiger partial charge in [-0.3, -0.25) is 0 Å². The van der Waals surface area contributed by atoms with Gasteiger partial charge in [0, 0.05) is 17.6 Å². The van der Waals surface area contributed by atoms with Crippen molar-refractivity contribution in [2.45, 2.75) is 76.8 Å². The summed E-state index contributed by atoms with van der Waals surface area (Å²) < 4.78 is 24.3.